The van der Waals surface area contributed by atoms with Crippen molar-refractivity contribution < 1.29 is 24.8 Å². The largest absolute Gasteiger partial charge is 0.467 e. The number of anilines is 1. The van der Waals surface area contributed by atoms with Crippen molar-refractivity contribution in [3.05, 3.63) is 6.33 Å². The summed E-state index contributed by atoms with van der Waals surface area (Å²) in [6, 6.07) is 0.0450. The highest BCUT2D eigenvalue weighted by atomic mass is 16.6. The lowest BCUT2D eigenvalue weighted by atomic mass is 9.96. The number of fused-ring (bicyclic) bond motifs is 1. The standard InChI is InChI=1S/C12H17N5O5/c1-12(20)7(19)5(3-18)22-10(12)17-4-14-6-8(13)15-11(21-2)16-9(6)17/h4-5,7,10,18-20H,3H2,1-2H3,(H2,13,15,16)/t5-,7?,10-,12+/m1/s1. The van der Waals surface area contributed by atoms with Gasteiger partial charge in [0.15, 0.2) is 23.2 Å². The third kappa shape index (κ3) is 2.00. The Morgan fingerprint density at radius 2 is 2.23 bits per heavy atom. The number of ether oxygens (including phenoxy) is 2. The van der Waals surface area contributed by atoms with Gasteiger partial charge in [-0.3, -0.25) is 4.57 Å². The molecule has 2 aromatic heterocycles. The van der Waals surface area contributed by atoms with E-state index in [4.69, 9.17) is 15.2 Å². The third-order valence-electron chi connectivity index (χ3n) is 3.80. The molecule has 1 aliphatic rings. The molecular formula is C12H17N5O5. The second-order valence-corrected chi connectivity index (χ2v) is 5.30. The number of imidazole rings is 1. The van der Waals surface area contributed by atoms with Gasteiger partial charge < -0.3 is 30.5 Å². The topological polar surface area (TPSA) is 149 Å². The van der Waals surface area contributed by atoms with Crippen LogP contribution in [0.5, 0.6) is 6.01 Å². The van der Waals surface area contributed by atoms with Gasteiger partial charge in [0.25, 0.3) is 0 Å². The first kappa shape index (κ1) is 14.9. The number of hydrogen-bond donors (Lipinski definition) is 4. The van der Waals surface area contributed by atoms with E-state index in [9.17, 15) is 15.3 Å². The number of aromatic nitrogens is 4. The Labute approximate surface area is 125 Å². The van der Waals surface area contributed by atoms with Crippen LogP contribution in [0.15, 0.2) is 6.33 Å². The van der Waals surface area contributed by atoms with Crippen molar-refractivity contribution in [1.29, 1.82) is 0 Å². The monoisotopic (exact) mass is 311 g/mol. The molecule has 10 heteroatoms. The summed E-state index contributed by atoms with van der Waals surface area (Å²) >= 11 is 0. The number of nitrogen functional groups attached to an aromatic ring is 1. The van der Waals surface area contributed by atoms with Crippen LogP contribution in [0.3, 0.4) is 0 Å². The van der Waals surface area contributed by atoms with Crippen LogP contribution in [0.25, 0.3) is 11.2 Å². The lowest BCUT2D eigenvalue weighted by Crippen LogP contribution is -2.44. The Morgan fingerprint density at radius 3 is 2.82 bits per heavy atom. The highest BCUT2D eigenvalue weighted by Gasteiger charge is 2.53. The van der Waals surface area contributed by atoms with Gasteiger partial charge >= 0.3 is 6.01 Å². The minimum atomic E-state index is -1.64. The minimum absolute atomic E-state index is 0.0450. The van der Waals surface area contributed by atoms with E-state index in [0.717, 1.165) is 0 Å². The summed E-state index contributed by atoms with van der Waals surface area (Å²) in [6.07, 6.45) is -1.80. The Kier molecular flexibility index (Phi) is 3.40. The predicted molar refractivity (Wildman–Crippen MR) is 73.9 cm³/mol. The Bertz CT molecular complexity index is 703. The van der Waals surface area contributed by atoms with Crippen LogP contribution in [-0.4, -0.2) is 66.4 Å². The minimum Gasteiger partial charge on any atom is -0.467 e. The van der Waals surface area contributed by atoms with Gasteiger partial charge in [-0.15, -0.1) is 0 Å². The summed E-state index contributed by atoms with van der Waals surface area (Å²) in [5.74, 6) is 0.123. The molecular weight excluding hydrogens is 294 g/mol. The number of aliphatic hydroxyl groups excluding tert-OH is 2. The first-order valence-corrected chi connectivity index (χ1v) is 6.61. The number of rotatable bonds is 3. The molecule has 3 rings (SSSR count). The van der Waals surface area contributed by atoms with Gasteiger partial charge in [0.05, 0.1) is 20.0 Å². The van der Waals surface area contributed by atoms with Crippen LogP contribution in [0.4, 0.5) is 5.82 Å². The normalized spacial score (nSPS) is 31.8. The highest BCUT2D eigenvalue weighted by Crippen LogP contribution is 2.39. The molecule has 4 atom stereocenters. The van der Waals surface area contributed by atoms with Crippen molar-refractivity contribution in [3.63, 3.8) is 0 Å². The molecule has 120 valence electrons. The first-order chi connectivity index (χ1) is 10.4. The predicted octanol–water partition coefficient (Wildman–Crippen LogP) is -1.58. The maximum absolute atomic E-state index is 10.5. The molecule has 5 N–H and O–H groups in total. The zero-order chi connectivity index (χ0) is 16.1. The van der Waals surface area contributed by atoms with E-state index in [1.165, 1.54) is 24.9 Å². The maximum Gasteiger partial charge on any atom is 0.320 e. The highest BCUT2D eigenvalue weighted by molar-refractivity contribution is 5.82. The lowest BCUT2D eigenvalue weighted by Gasteiger charge is -2.27. The van der Waals surface area contributed by atoms with E-state index >= 15 is 0 Å². The van der Waals surface area contributed by atoms with Gasteiger partial charge in [-0.1, -0.05) is 0 Å². The zero-order valence-corrected chi connectivity index (χ0v) is 12.0. The number of hydrogen-bond acceptors (Lipinski definition) is 9. The fourth-order valence-electron chi connectivity index (χ4n) is 2.57. The molecule has 0 amide bonds. The van der Waals surface area contributed by atoms with Crippen LogP contribution in [0.1, 0.15) is 13.2 Å². The fourth-order valence-corrected chi connectivity index (χ4v) is 2.57. The molecule has 10 nitrogen and oxygen atoms in total. The first-order valence-electron chi connectivity index (χ1n) is 6.61. The maximum atomic E-state index is 10.5. The van der Waals surface area contributed by atoms with Crippen molar-refractivity contribution >= 4 is 17.0 Å². The molecule has 1 aliphatic heterocycles. The van der Waals surface area contributed by atoms with E-state index < -0.39 is 30.6 Å². The van der Waals surface area contributed by atoms with Crippen LogP contribution in [0.2, 0.25) is 0 Å². The van der Waals surface area contributed by atoms with Crippen molar-refractivity contribution in [3.8, 4) is 6.01 Å². The molecule has 1 fully saturated rings. The summed E-state index contributed by atoms with van der Waals surface area (Å²) in [4.78, 5) is 12.2. The summed E-state index contributed by atoms with van der Waals surface area (Å²) in [5.41, 5.74) is 4.76. The molecule has 0 radical (unpaired) electrons. The van der Waals surface area contributed by atoms with Crippen molar-refractivity contribution in [2.75, 3.05) is 19.5 Å². The molecule has 3 heterocycles. The van der Waals surface area contributed by atoms with Crippen molar-refractivity contribution in [2.24, 2.45) is 0 Å². The molecule has 2 aromatic rings. The molecule has 0 bridgehead atoms. The number of methoxy groups -OCH3 is 1. The Morgan fingerprint density at radius 1 is 1.50 bits per heavy atom. The summed E-state index contributed by atoms with van der Waals surface area (Å²) in [5, 5.41) is 29.8. The average Bonchev–Trinajstić information content (AvgIpc) is 3.00. The molecule has 22 heavy (non-hydrogen) atoms. The van der Waals surface area contributed by atoms with Crippen molar-refractivity contribution in [2.45, 2.75) is 31.0 Å². The van der Waals surface area contributed by atoms with Gasteiger partial charge in [-0.05, 0) is 6.92 Å². The summed E-state index contributed by atoms with van der Waals surface area (Å²) in [7, 11) is 1.40. The quantitative estimate of drug-likeness (QED) is 0.526. The van der Waals surface area contributed by atoms with E-state index in [2.05, 4.69) is 15.0 Å². The van der Waals surface area contributed by atoms with E-state index in [-0.39, 0.29) is 11.8 Å². The smallest absolute Gasteiger partial charge is 0.320 e. The van der Waals surface area contributed by atoms with Gasteiger partial charge in [0.1, 0.15) is 17.8 Å². The van der Waals surface area contributed by atoms with E-state index in [1.807, 2.05) is 0 Å². The molecule has 0 spiro atoms. The van der Waals surface area contributed by atoms with E-state index in [0.29, 0.717) is 11.2 Å². The lowest BCUT2D eigenvalue weighted by molar-refractivity contribution is -0.0950. The molecule has 1 unspecified atom stereocenters. The molecule has 1 saturated heterocycles. The van der Waals surface area contributed by atoms with Crippen LogP contribution in [0, 0.1) is 0 Å². The van der Waals surface area contributed by atoms with Gasteiger partial charge in [0, 0.05) is 0 Å². The third-order valence-corrected chi connectivity index (χ3v) is 3.80. The fraction of sp³-hybridized carbons (Fsp3) is 0.583. The zero-order valence-electron chi connectivity index (χ0n) is 12.0. The Balaban J connectivity index is 2.12. The summed E-state index contributed by atoms with van der Waals surface area (Å²) < 4.78 is 11.9. The SMILES string of the molecule is COc1nc(N)c2ncn([C@@H]3O[C@H](CO)C(O)[C@]3(C)O)c2n1. The van der Waals surface area contributed by atoms with E-state index in [1.54, 1.807) is 0 Å². The van der Waals surface area contributed by atoms with Crippen LogP contribution < -0.4 is 10.5 Å². The van der Waals surface area contributed by atoms with Crippen LogP contribution in [-0.2, 0) is 4.74 Å². The van der Waals surface area contributed by atoms with Crippen LogP contribution >= 0.6 is 0 Å². The van der Waals surface area contributed by atoms with Gasteiger partial charge in [-0.2, -0.15) is 9.97 Å². The van der Waals surface area contributed by atoms with Crippen molar-refractivity contribution in [1.82, 2.24) is 19.5 Å². The molecule has 0 saturated carbocycles. The molecule has 0 aromatic carbocycles. The molecule has 0 aliphatic carbocycles. The average molecular weight is 311 g/mol. The van der Waals surface area contributed by atoms with Gasteiger partial charge in [0.2, 0.25) is 0 Å². The summed E-state index contributed by atoms with van der Waals surface area (Å²) in [6.45, 7) is 0.979. The van der Waals surface area contributed by atoms with Gasteiger partial charge in [-0.25, -0.2) is 4.98 Å². The number of nitrogens with two attached hydrogens (primary N) is 1. The second kappa shape index (κ2) is 5.02. The second-order valence-electron chi connectivity index (χ2n) is 5.30. The number of nitrogens with zero attached hydrogens (tertiary/aromatic N) is 4. The Hall–Kier alpha value is -2.01. The number of aliphatic hydroxyl groups is 3.